The standard InChI is InChI=1S/C16H12BrClN2O/c17-12-6-8-13(9-7-12)20-16(18)14(10-21)15(19-20)11-4-2-1-3-5-11/h1-9,21H,10H2. The fourth-order valence-electron chi connectivity index (χ4n) is 2.15. The predicted molar refractivity (Wildman–Crippen MR) is 87.6 cm³/mol. The van der Waals surface area contributed by atoms with E-state index in [1.165, 1.54) is 0 Å². The third kappa shape index (κ3) is 2.75. The number of aliphatic hydroxyl groups excluding tert-OH is 1. The molecule has 0 aliphatic rings. The fraction of sp³-hybridized carbons (Fsp3) is 0.0625. The van der Waals surface area contributed by atoms with E-state index in [9.17, 15) is 5.11 Å². The van der Waals surface area contributed by atoms with Gasteiger partial charge in [0.05, 0.1) is 18.0 Å². The molecule has 3 nitrogen and oxygen atoms in total. The SMILES string of the molecule is OCc1c(-c2ccccc2)nn(-c2ccc(Br)cc2)c1Cl. The molecular weight excluding hydrogens is 352 g/mol. The third-order valence-corrected chi connectivity index (χ3v) is 4.11. The van der Waals surface area contributed by atoms with Crippen LogP contribution in [0.15, 0.2) is 59.1 Å². The van der Waals surface area contributed by atoms with Crippen LogP contribution in [0.5, 0.6) is 0 Å². The maximum Gasteiger partial charge on any atom is 0.139 e. The second kappa shape index (κ2) is 6.02. The number of rotatable bonds is 3. The molecule has 0 aliphatic heterocycles. The van der Waals surface area contributed by atoms with E-state index in [1.807, 2.05) is 54.6 Å². The van der Waals surface area contributed by atoms with Crippen LogP contribution >= 0.6 is 27.5 Å². The second-order valence-electron chi connectivity index (χ2n) is 4.53. The average Bonchev–Trinajstić information content (AvgIpc) is 2.86. The maximum absolute atomic E-state index is 9.62. The van der Waals surface area contributed by atoms with E-state index >= 15 is 0 Å². The molecule has 0 spiro atoms. The van der Waals surface area contributed by atoms with E-state index in [-0.39, 0.29) is 6.61 Å². The van der Waals surface area contributed by atoms with Crippen molar-refractivity contribution in [2.75, 3.05) is 0 Å². The zero-order valence-electron chi connectivity index (χ0n) is 11.0. The summed E-state index contributed by atoms with van der Waals surface area (Å²) < 4.78 is 2.63. The molecular formula is C16H12BrClN2O. The minimum absolute atomic E-state index is 0.153. The third-order valence-electron chi connectivity index (χ3n) is 3.20. The molecule has 0 saturated carbocycles. The number of aliphatic hydroxyl groups is 1. The minimum Gasteiger partial charge on any atom is -0.391 e. The van der Waals surface area contributed by atoms with Gasteiger partial charge >= 0.3 is 0 Å². The number of aromatic nitrogens is 2. The monoisotopic (exact) mass is 362 g/mol. The lowest BCUT2D eigenvalue weighted by Gasteiger charge is -2.03. The van der Waals surface area contributed by atoms with E-state index in [0.29, 0.717) is 16.4 Å². The summed E-state index contributed by atoms with van der Waals surface area (Å²) in [5.74, 6) is 0. The van der Waals surface area contributed by atoms with Gasteiger partial charge in [0.2, 0.25) is 0 Å². The van der Waals surface area contributed by atoms with E-state index in [1.54, 1.807) is 4.68 Å². The maximum atomic E-state index is 9.62. The molecule has 0 saturated heterocycles. The van der Waals surface area contributed by atoms with Gasteiger partial charge in [0.1, 0.15) is 5.15 Å². The lowest BCUT2D eigenvalue weighted by atomic mass is 10.1. The number of hydrogen-bond acceptors (Lipinski definition) is 2. The van der Waals surface area contributed by atoms with Gasteiger partial charge in [-0.2, -0.15) is 5.10 Å². The normalized spacial score (nSPS) is 10.8. The van der Waals surface area contributed by atoms with E-state index in [4.69, 9.17) is 11.6 Å². The van der Waals surface area contributed by atoms with Gasteiger partial charge < -0.3 is 5.11 Å². The van der Waals surface area contributed by atoms with Crippen molar-refractivity contribution in [1.82, 2.24) is 9.78 Å². The van der Waals surface area contributed by atoms with Gasteiger partial charge in [0, 0.05) is 15.6 Å². The van der Waals surface area contributed by atoms with Crippen molar-refractivity contribution in [2.24, 2.45) is 0 Å². The molecule has 0 fully saturated rings. The van der Waals surface area contributed by atoms with Crippen molar-refractivity contribution in [3.8, 4) is 16.9 Å². The Balaban J connectivity index is 2.16. The summed E-state index contributed by atoms with van der Waals surface area (Å²) in [6, 6.07) is 17.4. The lowest BCUT2D eigenvalue weighted by Crippen LogP contribution is -1.96. The molecule has 0 atom stereocenters. The summed E-state index contributed by atoms with van der Waals surface area (Å²) in [6.45, 7) is -0.153. The fourth-order valence-corrected chi connectivity index (χ4v) is 2.70. The first-order chi connectivity index (χ1) is 10.2. The van der Waals surface area contributed by atoms with Crippen LogP contribution < -0.4 is 0 Å². The van der Waals surface area contributed by atoms with Crippen LogP contribution in [-0.2, 0) is 6.61 Å². The highest BCUT2D eigenvalue weighted by Crippen LogP contribution is 2.31. The zero-order valence-corrected chi connectivity index (χ0v) is 13.3. The summed E-state index contributed by atoms with van der Waals surface area (Å²) in [7, 11) is 0. The van der Waals surface area contributed by atoms with E-state index < -0.39 is 0 Å². The molecule has 106 valence electrons. The summed E-state index contributed by atoms with van der Waals surface area (Å²) >= 11 is 9.79. The predicted octanol–water partition coefficient (Wildman–Crippen LogP) is 4.45. The highest BCUT2D eigenvalue weighted by Gasteiger charge is 2.17. The van der Waals surface area contributed by atoms with E-state index in [2.05, 4.69) is 21.0 Å². The Morgan fingerprint density at radius 2 is 1.71 bits per heavy atom. The Kier molecular flexibility index (Phi) is 4.10. The molecule has 3 aromatic rings. The van der Waals surface area contributed by atoms with Crippen LogP contribution in [0.2, 0.25) is 5.15 Å². The summed E-state index contributed by atoms with van der Waals surface area (Å²) in [6.07, 6.45) is 0. The largest absolute Gasteiger partial charge is 0.391 e. The molecule has 2 aromatic carbocycles. The Morgan fingerprint density at radius 1 is 1.05 bits per heavy atom. The number of hydrogen-bond donors (Lipinski definition) is 1. The Morgan fingerprint density at radius 3 is 2.33 bits per heavy atom. The van der Waals surface area contributed by atoms with Gasteiger partial charge in [-0.3, -0.25) is 0 Å². The number of nitrogens with zero attached hydrogens (tertiary/aromatic N) is 2. The molecule has 5 heteroatoms. The molecule has 0 unspecified atom stereocenters. The first-order valence-corrected chi connectivity index (χ1v) is 7.57. The molecule has 0 amide bonds. The molecule has 1 aromatic heterocycles. The Bertz CT molecular complexity index is 754. The van der Waals surface area contributed by atoms with Gasteiger partial charge in [-0.1, -0.05) is 57.9 Å². The van der Waals surface area contributed by atoms with Gasteiger partial charge in [-0.05, 0) is 24.3 Å². The smallest absolute Gasteiger partial charge is 0.139 e. The Hall–Kier alpha value is -1.62. The van der Waals surface area contributed by atoms with E-state index in [0.717, 1.165) is 15.7 Å². The van der Waals surface area contributed by atoms with Crippen molar-refractivity contribution in [1.29, 1.82) is 0 Å². The van der Waals surface area contributed by atoms with Gasteiger partial charge in [0.25, 0.3) is 0 Å². The van der Waals surface area contributed by atoms with Gasteiger partial charge in [0.15, 0.2) is 0 Å². The highest BCUT2D eigenvalue weighted by molar-refractivity contribution is 9.10. The summed E-state index contributed by atoms with van der Waals surface area (Å²) in [5.41, 5.74) is 3.11. The van der Waals surface area contributed by atoms with Crippen molar-refractivity contribution in [3.63, 3.8) is 0 Å². The molecule has 21 heavy (non-hydrogen) atoms. The average molecular weight is 364 g/mol. The molecule has 3 rings (SSSR count). The molecule has 1 heterocycles. The quantitative estimate of drug-likeness (QED) is 0.746. The van der Waals surface area contributed by atoms with Crippen molar-refractivity contribution in [3.05, 3.63) is 69.8 Å². The molecule has 0 aliphatic carbocycles. The Labute approximate surface area is 135 Å². The molecule has 0 bridgehead atoms. The van der Waals surface area contributed by atoms with Gasteiger partial charge in [-0.15, -0.1) is 0 Å². The minimum atomic E-state index is -0.153. The molecule has 0 radical (unpaired) electrons. The number of benzene rings is 2. The highest BCUT2D eigenvalue weighted by atomic mass is 79.9. The second-order valence-corrected chi connectivity index (χ2v) is 5.80. The van der Waals surface area contributed by atoms with Crippen LogP contribution in [0.4, 0.5) is 0 Å². The van der Waals surface area contributed by atoms with Crippen molar-refractivity contribution >= 4 is 27.5 Å². The van der Waals surface area contributed by atoms with Gasteiger partial charge in [-0.25, -0.2) is 4.68 Å². The van der Waals surface area contributed by atoms with Crippen molar-refractivity contribution < 1.29 is 5.11 Å². The summed E-state index contributed by atoms with van der Waals surface area (Å²) in [5, 5.41) is 14.6. The first kappa shape index (κ1) is 14.3. The van der Waals surface area contributed by atoms with Crippen LogP contribution in [0.3, 0.4) is 0 Å². The van der Waals surface area contributed by atoms with Crippen LogP contribution in [0.25, 0.3) is 16.9 Å². The molecule has 1 N–H and O–H groups in total. The number of halogens is 2. The first-order valence-electron chi connectivity index (χ1n) is 6.40. The lowest BCUT2D eigenvalue weighted by molar-refractivity contribution is 0.282. The van der Waals surface area contributed by atoms with Crippen molar-refractivity contribution in [2.45, 2.75) is 6.61 Å². The van der Waals surface area contributed by atoms with Crippen LogP contribution in [0, 0.1) is 0 Å². The summed E-state index contributed by atoms with van der Waals surface area (Å²) in [4.78, 5) is 0. The van der Waals surface area contributed by atoms with Crippen LogP contribution in [0.1, 0.15) is 5.56 Å². The topological polar surface area (TPSA) is 38.1 Å². The van der Waals surface area contributed by atoms with Crippen LogP contribution in [-0.4, -0.2) is 14.9 Å². The zero-order chi connectivity index (χ0) is 14.8.